The van der Waals surface area contributed by atoms with Gasteiger partial charge in [-0.25, -0.2) is 0 Å². The molecule has 0 heterocycles. The van der Waals surface area contributed by atoms with Crippen LogP contribution in [0.25, 0.3) is 11.1 Å². The number of halogens is 4. The molecule has 0 bridgehead atoms. The second-order valence-corrected chi connectivity index (χ2v) is 5.22. The number of rotatable bonds is 2. The van der Waals surface area contributed by atoms with Gasteiger partial charge in [0, 0.05) is 11.8 Å². The molecule has 0 saturated carbocycles. The first-order valence-electron chi connectivity index (χ1n) is 6.65. The number of benzene rings is 2. The molecule has 2 aromatic carbocycles. The van der Waals surface area contributed by atoms with Gasteiger partial charge in [-0.3, -0.25) is 14.9 Å². The van der Waals surface area contributed by atoms with E-state index in [0.29, 0.717) is 22.3 Å². The Morgan fingerprint density at radius 3 is 2.42 bits per heavy atom. The number of nitrogens with one attached hydrogen (secondary N) is 1. The Morgan fingerprint density at radius 1 is 1.12 bits per heavy atom. The van der Waals surface area contributed by atoms with Gasteiger partial charge in [0.2, 0.25) is 5.82 Å². The number of nitrogens with zero attached hydrogens (tertiary/aromatic N) is 1. The number of hydrogen-bond donors (Lipinski definition) is 1. The standard InChI is InChI=1S/C15H8F4N2O3/c16-12-6-11-8(5-13(12)21(23)24)3-7-4-9(1-2-10(7)11)20-14(22)15(17,18)19/h1-2,4-6H,3H2,(H,20,22). The Labute approximate surface area is 132 Å². The molecule has 1 aliphatic carbocycles. The predicted molar refractivity (Wildman–Crippen MR) is 76.0 cm³/mol. The smallest absolute Gasteiger partial charge is 0.318 e. The maximum atomic E-state index is 13.7. The number of carbonyl (C=O) groups excluding carboxylic acids is 1. The molecular weight excluding hydrogens is 332 g/mol. The highest BCUT2D eigenvalue weighted by molar-refractivity contribution is 5.95. The summed E-state index contributed by atoms with van der Waals surface area (Å²) in [5, 5.41) is 12.5. The summed E-state index contributed by atoms with van der Waals surface area (Å²) in [6.45, 7) is 0. The summed E-state index contributed by atoms with van der Waals surface area (Å²) in [5.74, 6) is -3.08. The highest BCUT2D eigenvalue weighted by Crippen LogP contribution is 2.40. The lowest BCUT2D eigenvalue weighted by atomic mass is 10.0. The van der Waals surface area contributed by atoms with E-state index in [2.05, 4.69) is 0 Å². The molecule has 9 heteroatoms. The SMILES string of the molecule is O=C(Nc1ccc2c(c1)Cc1cc([N+](=O)[O-])c(F)cc1-2)C(F)(F)F. The largest absolute Gasteiger partial charge is 0.471 e. The number of nitro groups is 1. The van der Waals surface area contributed by atoms with Crippen molar-refractivity contribution in [2.24, 2.45) is 0 Å². The Morgan fingerprint density at radius 2 is 1.79 bits per heavy atom. The van der Waals surface area contributed by atoms with Crippen molar-refractivity contribution in [3.63, 3.8) is 0 Å². The minimum atomic E-state index is -5.01. The van der Waals surface area contributed by atoms with Crippen molar-refractivity contribution in [2.75, 3.05) is 5.32 Å². The van der Waals surface area contributed by atoms with Gasteiger partial charge in [-0.2, -0.15) is 17.6 Å². The van der Waals surface area contributed by atoms with E-state index in [1.165, 1.54) is 18.2 Å². The van der Waals surface area contributed by atoms with Crippen LogP contribution in [0.1, 0.15) is 11.1 Å². The lowest BCUT2D eigenvalue weighted by Gasteiger charge is -2.09. The molecule has 24 heavy (non-hydrogen) atoms. The third-order valence-electron chi connectivity index (χ3n) is 3.66. The quantitative estimate of drug-likeness (QED) is 0.438. The molecule has 1 amide bonds. The molecular formula is C15H8F4N2O3. The fraction of sp³-hybridized carbons (Fsp3) is 0.133. The second-order valence-electron chi connectivity index (χ2n) is 5.22. The molecule has 0 aromatic heterocycles. The van der Waals surface area contributed by atoms with E-state index in [1.807, 2.05) is 0 Å². The van der Waals surface area contributed by atoms with Gasteiger partial charge in [0.05, 0.1) is 4.92 Å². The van der Waals surface area contributed by atoms with Crippen LogP contribution in [0.5, 0.6) is 0 Å². The minimum Gasteiger partial charge on any atom is -0.318 e. The molecule has 0 aliphatic heterocycles. The van der Waals surface area contributed by atoms with E-state index in [1.54, 1.807) is 5.32 Å². The van der Waals surface area contributed by atoms with Crippen molar-refractivity contribution in [1.29, 1.82) is 0 Å². The van der Waals surface area contributed by atoms with E-state index >= 15 is 0 Å². The molecule has 1 N–H and O–H groups in total. The Balaban J connectivity index is 1.95. The molecule has 3 rings (SSSR count). The zero-order valence-corrected chi connectivity index (χ0v) is 11.8. The number of anilines is 1. The fourth-order valence-electron chi connectivity index (χ4n) is 2.63. The topological polar surface area (TPSA) is 72.2 Å². The molecule has 124 valence electrons. The normalized spacial score (nSPS) is 12.5. The molecule has 0 fully saturated rings. The number of fused-ring (bicyclic) bond motifs is 3. The predicted octanol–water partition coefficient (Wildman–Crippen LogP) is 3.81. The average molecular weight is 340 g/mol. The zero-order chi connectivity index (χ0) is 17.6. The second kappa shape index (κ2) is 5.29. The Bertz CT molecular complexity index is 878. The van der Waals surface area contributed by atoms with Gasteiger partial charge in [0.15, 0.2) is 0 Å². The molecule has 0 radical (unpaired) electrons. The lowest BCUT2D eigenvalue weighted by Crippen LogP contribution is -2.29. The monoisotopic (exact) mass is 340 g/mol. The van der Waals surface area contributed by atoms with Crippen molar-refractivity contribution < 1.29 is 27.3 Å². The summed E-state index contributed by atoms with van der Waals surface area (Å²) >= 11 is 0. The summed E-state index contributed by atoms with van der Waals surface area (Å²) in [5.41, 5.74) is 1.33. The van der Waals surface area contributed by atoms with Crippen LogP contribution >= 0.6 is 0 Å². The van der Waals surface area contributed by atoms with Gasteiger partial charge in [-0.1, -0.05) is 6.07 Å². The van der Waals surface area contributed by atoms with Gasteiger partial charge in [0.1, 0.15) is 0 Å². The van der Waals surface area contributed by atoms with Crippen LogP contribution in [0, 0.1) is 15.9 Å². The van der Waals surface area contributed by atoms with Crippen LogP contribution in [-0.4, -0.2) is 17.0 Å². The molecule has 2 aromatic rings. The van der Waals surface area contributed by atoms with Crippen LogP contribution in [0.2, 0.25) is 0 Å². The first-order valence-corrected chi connectivity index (χ1v) is 6.65. The maximum absolute atomic E-state index is 13.7. The van der Waals surface area contributed by atoms with Gasteiger partial charge < -0.3 is 5.32 Å². The van der Waals surface area contributed by atoms with Crippen LogP contribution in [-0.2, 0) is 11.2 Å². The lowest BCUT2D eigenvalue weighted by molar-refractivity contribution is -0.387. The Kier molecular flexibility index (Phi) is 3.51. The molecule has 0 atom stereocenters. The molecule has 0 saturated heterocycles. The number of carbonyl (C=O) groups is 1. The van der Waals surface area contributed by atoms with Gasteiger partial charge in [0.25, 0.3) is 0 Å². The van der Waals surface area contributed by atoms with Crippen molar-refractivity contribution in [3.05, 3.63) is 57.4 Å². The summed E-state index contributed by atoms with van der Waals surface area (Å²) in [6, 6.07) is 6.18. The van der Waals surface area contributed by atoms with Crippen molar-refractivity contribution in [1.82, 2.24) is 0 Å². The minimum absolute atomic E-state index is 0.0566. The zero-order valence-electron chi connectivity index (χ0n) is 11.8. The number of alkyl halides is 3. The molecule has 0 spiro atoms. The first kappa shape index (κ1) is 15.9. The number of hydrogen-bond acceptors (Lipinski definition) is 3. The van der Waals surface area contributed by atoms with E-state index in [0.717, 1.165) is 12.1 Å². The average Bonchev–Trinajstić information content (AvgIpc) is 2.82. The molecule has 0 unspecified atom stereocenters. The summed E-state index contributed by atoms with van der Waals surface area (Å²) in [6.07, 6.45) is -4.81. The van der Waals surface area contributed by atoms with Crippen molar-refractivity contribution >= 4 is 17.3 Å². The number of amides is 1. The third kappa shape index (κ3) is 2.68. The maximum Gasteiger partial charge on any atom is 0.471 e. The number of nitro benzene ring substituents is 1. The first-order chi connectivity index (χ1) is 11.2. The highest BCUT2D eigenvalue weighted by Gasteiger charge is 2.38. The fourth-order valence-corrected chi connectivity index (χ4v) is 2.63. The van der Waals surface area contributed by atoms with E-state index in [4.69, 9.17) is 0 Å². The van der Waals surface area contributed by atoms with Crippen molar-refractivity contribution in [2.45, 2.75) is 12.6 Å². The van der Waals surface area contributed by atoms with E-state index in [-0.39, 0.29) is 12.1 Å². The molecule has 1 aliphatic rings. The van der Waals surface area contributed by atoms with Crippen LogP contribution in [0.15, 0.2) is 30.3 Å². The van der Waals surface area contributed by atoms with Gasteiger partial charge >= 0.3 is 17.8 Å². The van der Waals surface area contributed by atoms with Crippen LogP contribution in [0.4, 0.5) is 28.9 Å². The summed E-state index contributed by atoms with van der Waals surface area (Å²) in [7, 11) is 0. The van der Waals surface area contributed by atoms with Crippen LogP contribution < -0.4 is 5.32 Å². The van der Waals surface area contributed by atoms with Crippen molar-refractivity contribution in [3.8, 4) is 11.1 Å². The summed E-state index contributed by atoms with van der Waals surface area (Å²) < 4.78 is 50.6. The Hall–Kier alpha value is -2.97. The van der Waals surface area contributed by atoms with Crippen LogP contribution in [0.3, 0.4) is 0 Å². The van der Waals surface area contributed by atoms with E-state index in [9.17, 15) is 32.5 Å². The summed E-state index contributed by atoms with van der Waals surface area (Å²) in [4.78, 5) is 20.9. The molecule has 5 nitrogen and oxygen atoms in total. The third-order valence-corrected chi connectivity index (χ3v) is 3.66. The highest BCUT2D eigenvalue weighted by atomic mass is 19.4. The van der Waals surface area contributed by atoms with Gasteiger partial charge in [-0.05, 0) is 46.9 Å². The van der Waals surface area contributed by atoms with Gasteiger partial charge in [-0.15, -0.1) is 0 Å². The van der Waals surface area contributed by atoms with E-state index < -0.39 is 28.5 Å².